The van der Waals surface area contributed by atoms with E-state index < -0.39 is 0 Å². The van der Waals surface area contributed by atoms with Crippen molar-refractivity contribution in [2.45, 2.75) is 20.4 Å². The fourth-order valence-electron chi connectivity index (χ4n) is 1.88. The monoisotopic (exact) mass is 330 g/mol. The summed E-state index contributed by atoms with van der Waals surface area (Å²) >= 11 is 5.80. The van der Waals surface area contributed by atoms with Gasteiger partial charge >= 0.3 is 0 Å². The molecular formula is C18H19ClN2O2. The summed E-state index contributed by atoms with van der Waals surface area (Å²) in [7, 11) is 0. The van der Waals surface area contributed by atoms with Gasteiger partial charge in [-0.15, -0.1) is 0 Å². The third-order valence-corrected chi connectivity index (χ3v) is 3.56. The Balaban J connectivity index is 1.90. The zero-order valence-electron chi connectivity index (χ0n) is 13.1. The normalized spacial score (nSPS) is 10.4. The van der Waals surface area contributed by atoms with Crippen LogP contribution in [0.3, 0.4) is 0 Å². The van der Waals surface area contributed by atoms with Crippen molar-refractivity contribution in [2.24, 2.45) is 5.92 Å². The van der Waals surface area contributed by atoms with E-state index in [0.29, 0.717) is 17.1 Å². The van der Waals surface area contributed by atoms with E-state index in [1.54, 1.807) is 24.3 Å². The molecule has 2 amide bonds. The molecule has 2 aromatic rings. The molecule has 0 bridgehead atoms. The maximum absolute atomic E-state index is 12.0. The molecule has 2 N–H and O–H groups in total. The fourth-order valence-corrected chi connectivity index (χ4v) is 2.00. The second kappa shape index (κ2) is 7.79. The minimum atomic E-state index is -0.154. The van der Waals surface area contributed by atoms with E-state index >= 15 is 0 Å². The van der Waals surface area contributed by atoms with Crippen LogP contribution in [0, 0.1) is 5.92 Å². The molecule has 0 unspecified atom stereocenters. The average Bonchev–Trinajstić information content (AvgIpc) is 2.54. The SMILES string of the molecule is CC(C)C(=O)Nc1ccc(CNC(=O)c2ccc(Cl)cc2)cc1. The predicted octanol–water partition coefficient (Wildman–Crippen LogP) is 3.86. The lowest BCUT2D eigenvalue weighted by Gasteiger charge is -2.09. The first-order valence-corrected chi connectivity index (χ1v) is 7.77. The first-order chi connectivity index (χ1) is 11.0. The molecule has 5 heteroatoms. The maximum atomic E-state index is 12.0. The van der Waals surface area contributed by atoms with Crippen LogP contribution in [-0.4, -0.2) is 11.8 Å². The number of carbonyl (C=O) groups excluding carboxylic acids is 2. The number of carbonyl (C=O) groups is 2. The van der Waals surface area contributed by atoms with Gasteiger partial charge in [-0.3, -0.25) is 9.59 Å². The second-order valence-corrected chi connectivity index (χ2v) is 5.97. The van der Waals surface area contributed by atoms with Gasteiger partial charge in [0.2, 0.25) is 5.91 Å². The molecule has 0 spiro atoms. The van der Waals surface area contributed by atoms with Gasteiger partial charge in [0, 0.05) is 28.7 Å². The molecular weight excluding hydrogens is 312 g/mol. The van der Waals surface area contributed by atoms with Crippen LogP contribution in [0.15, 0.2) is 48.5 Å². The summed E-state index contributed by atoms with van der Waals surface area (Å²) in [4.78, 5) is 23.6. The quantitative estimate of drug-likeness (QED) is 0.874. The summed E-state index contributed by atoms with van der Waals surface area (Å²) in [5.74, 6) is -0.235. The Bertz CT molecular complexity index is 679. The van der Waals surface area contributed by atoms with E-state index in [1.165, 1.54) is 0 Å². The van der Waals surface area contributed by atoms with Crippen LogP contribution < -0.4 is 10.6 Å². The highest BCUT2D eigenvalue weighted by Crippen LogP contribution is 2.12. The maximum Gasteiger partial charge on any atom is 0.251 e. The van der Waals surface area contributed by atoms with Crippen molar-refractivity contribution in [1.29, 1.82) is 0 Å². The molecule has 120 valence electrons. The third kappa shape index (κ3) is 5.11. The van der Waals surface area contributed by atoms with Gasteiger partial charge in [-0.1, -0.05) is 37.6 Å². The molecule has 2 rings (SSSR count). The van der Waals surface area contributed by atoms with E-state index in [-0.39, 0.29) is 17.7 Å². The van der Waals surface area contributed by atoms with E-state index in [1.807, 2.05) is 38.1 Å². The highest BCUT2D eigenvalue weighted by atomic mass is 35.5. The number of hydrogen-bond donors (Lipinski definition) is 2. The lowest BCUT2D eigenvalue weighted by molar-refractivity contribution is -0.118. The van der Waals surface area contributed by atoms with Crippen LogP contribution in [0.1, 0.15) is 29.8 Å². The molecule has 0 saturated carbocycles. The van der Waals surface area contributed by atoms with Gasteiger partial charge in [0.15, 0.2) is 0 Å². The van der Waals surface area contributed by atoms with E-state index in [0.717, 1.165) is 11.3 Å². The number of hydrogen-bond acceptors (Lipinski definition) is 2. The largest absolute Gasteiger partial charge is 0.348 e. The highest BCUT2D eigenvalue weighted by molar-refractivity contribution is 6.30. The summed E-state index contributed by atoms with van der Waals surface area (Å²) in [6.45, 7) is 4.10. The topological polar surface area (TPSA) is 58.2 Å². The minimum Gasteiger partial charge on any atom is -0.348 e. The smallest absolute Gasteiger partial charge is 0.251 e. The van der Waals surface area contributed by atoms with Crippen molar-refractivity contribution in [2.75, 3.05) is 5.32 Å². The number of nitrogens with one attached hydrogen (secondary N) is 2. The summed E-state index contributed by atoms with van der Waals surface area (Å²) in [6.07, 6.45) is 0. The molecule has 0 atom stereocenters. The number of amides is 2. The van der Waals surface area contributed by atoms with Crippen LogP contribution in [0.25, 0.3) is 0 Å². The number of benzene rings is 2. The Kier molecular flexibility index (Phi) is 5.77. The molecule has 0 fully saturated rings. The van der Waals surface area contributed by atoms with Gasteiger partial charge < -0.3 is 10.6 Å². The summed E-state index contributed by atoms with van der Waals surface area (Å²) in [6, 6.07) is 14.1. The average molecular weight is 331 g/mol. The molecule has 2 aromatic carbocycles. The van der Waals surface area contributed by atoms with Crippen molar-refractivity contribution in [3.8, 4) is 0 Å². The summed E-state index contributed by atoms with van der Waals surface area (Å²) in [5, 5.41) is 6.27. The Morgan fingerprint density at radius 2 is 1.61 bits per heavy atom. The molecule has 0 heterocycles. The Labute approximate surface area is 140 Å². The Morgan fingerprint density at radius 3 is 2.17 bits per heavy atom. The fraction of sp³-hybridized carbons (Fsp3) is 0.222. The molecule has 4 nitrogen and oxygen atoms in total. The Morgan fingerprint density at radius 1 is 1.00 bits per heavy atom. The van der Waals surface area contributed by atoms with Gasteiger partial charge in [-0.2, -0.15) is 0 Å². The van der Waals surface area contributed by atoms with Crippen molar-refractivity contribution >= 4 is 29.1 Å². The van der Waals surface area contributed by atoms with Gasteiger partial charge in [0.1, 0.15) is 0 Å². The molecule has 0 radical (unpaired) electrons. The van der Waals surface area contributed by atoms with Crippen LogP contribution in [0.5, 0.6) is 0 Å². The van der Waals surface area contributed by atoms with Crippen molar-refractivity contribution in [3.63, 3.8) is 0 Å². The summed E-state index contributed by atoms with van der Waals surface area (Å²) < 4.78 is 0. The molecule has 0 aliphatic carbocycles. The van der Waals surface area contributed by atoms with Crippen LogP contribution in [-0.2, 0) is 11.3 Å². The van der Waals surface area contributed by atoms with Gasteiger partial charge in [0.05, 0.1) is 0 Å². The van der Waals surface area contributed by atoms with E-state index in [4.69, 9.17) is 11.6 Å². The predicted molar refractivity (Wildman–Crippen MR) is 92.5 cm³/mol. The number of rotatable bonds is 5. The first kappa shape index (κ1) is 17.0. The number of anilines is 1. The molecule has 0 saturated heterocycles. The molecule has 0 aromatic heterocycles. The second-order valence-electron chi connectivity index (χ2n) is 5.53. The first-order valence-electron chi connectivity index (χ1n) is 7.39. The number of halogens is 1. The van der Waals surface area contributed by atoms with Crippen molar-refractivity contribution in [1.82, 2.24) is 5.32 Å². The zero-order chi connectivity index (χ0) is 16.8. The zero-order valence-corrected chi connectivity index (χ0v) is 13.9. The van der Waals surface area contributed by atoms with Crippen LogP contribution >= 0.6 is 11.6 Å². The lowest BCUT2D eigenvalue weighted by Crippen LogP contribution is -2.22. The standard InChI is InChI=1S/C18H19ClN2O2/c1-12(2)17(22)21-16-9-3-13(4-10-16)11-20-18(23)14-5-7-15(19)8-6-14/h3-10,12H,11H2,1-2H3,(H,20,23)(H,21,22). The van der Waals surface area contributed by atoms with Gasteiger partial charge in [-0.05, 0) is 42.0 Å². The van der Waals surface area contributed by atoms with Crippen molar-refractivity contribution in [3.05, 3.63) is 64.7 Å². The molecule has 0 aliphatic rings. The Hall–Kier alpha value is -2.33. The molecule has 0 aliphatic heterocycles. The van der Waals surface area contributed by atoms with Crippen LogP contribution in [0.4, 0.5) is 5.69 Å². The van der Waals surface area contributed by atoms with Gasteiger partial charge in [-0.25, -0.2) is 0 Å². The van der Waals surface area contributed by atoms with Crippen molar-refractivity contribution < 1.29 is 9.59 Å². The summed E-state index contributed by atoms with van der Waals surface area (Å²) in [5.41, 5.74) is 2.27. The lowest BCUT2D eigenvalue weighted by atomic mass is 10.1. The van der Waals surface area contributed by atoms with Gasteiger partial charge in [0.25, 0.3) is 5.91 Å². The van der Waals surface area contributed by atoms with E-state index in [9.17, 15) is 9.59 Å². The van der Waals surface area contributed by atoms with Crippen LogP contribution in [0.2, 0.25) is 5.02 Å². The molecule has 23 heavy (non-hydrogen) atoms. The highest BCUT2D eigenvalue weighted by Gasteiger charge is 2.07. The third-order valence-electron chi connectivity index (χ3n) is 3.31. The minimum absolute atomic E-state index is 0.0196. The van der Waals surface area contributed by atoms with E-state index in [2.05, 4.69) is 10.6 Å².